The van der Waals surface area contributed by atoms with Gasteiger partial charge in [0, 0.05) is 0 Å². The van der Waals surface area contributed by atoms with Crippen molar-refractivity contribution >= 4 is 0 Å². The Bertz CT molecular complexity index is 474. The van der Waals surface area contributed by atoms with Crippen LogP contribution in [0.2, 0.25) is 0 Å². The number of phenols is 1. The first kappa shape index (κ1) is 21.1. The molecule has 1 rings (SSSR count). The average molecular weight is 333 g/mol. The highest BCUT2D eigenvalue weighted by Gasteiger charge is 2.12. The van der Waals surface area contributed by atoms with Crippen molar-refractivity contribution in [2.45, 2.75) is 99.3 Å². The molecular weight excluding hydrogens is 292 g/mol. The lowest BCUT2D eigenvalue weighted by Crippen LogP contribution is -2.05. The lowest BCUT2D eigenvalue weighted by atomic mass is 9.88. The summed E-state index contributed by atoms with van der Waals surface area (Å²) in [6.45, 7) is 13.9. The molecule has 1 aromatic rings. The molecule has 24 heavy (non-hydrogen) atoms. The number of hydrogen-bond acceptors (Lipinski definition) is 1. The highest BCUT2D eigenvalue weighted by atomic mass is 16.3. The lowest BCUT2D eigenvalue weighted by molar-refractivity contribution is 0.358. The van der Waals surface area contributed by atoms with E-state index in [0.29, 0.717) is 16.6 Å². The smallest absolute Gasteiger partial charge is 0.119 e. The Kier molecular flexibility index (Phi) is 8.33. The lowest BCUT2D eigenvalue weighted by Gasteiger charge is -2.18. The van der Waals surface area contributed by atoms with Crippen molar-refractivity contribution in [2.75, 3.05) is 0 Å². The van der Waals surface area contributed by atoms with E-state index >= 15 is 0 Å². The topological polar surface area (TPSA) is 20.2 Å². The van der Waals surface area contributed by atoms with Gasteiger partial charge in [0.2, 0.25) is 0 Å². The molecule has 1 aromatic carbocycles. The fraction of sp³-hybridized carbons (Fsp3) is 0.739. The van der Waals surface area contributed by atoms with E-state index < -0.39 is 0 Å². The molecule has 1 heteroatoms. The van der Waals surface area contributed by atoms with Gasteiger partial charge in [0.15, 0.2) is 0 Å². The predicted molar refractivity (Wildman–Crippen MR) is 107 cm³/mol. The number of rotatable bonds is 9. The van der Waals surface area contributed by atoms with Gasteiger partial charge < -0.3 is 5.11 Å². The maximum atomic E-state index is 10.3. The van der Waals surface area contributed by atoms with Crippen molar-refractivity contribution in [1.82, 2.24) is 0 Å². The summed E-state index contributed by atoms with van der Waals surface area (Å²) in [7, 11) is 0. The van der Waals surface area contributed by atoms with Gasteiger partial charge in [-0.15, -0.1) is 0 Å². The summed E-state index contributed by atoms with van der Waals surface area (Å²) in [5.41, 5.74) is 3.42. The van der Waals surface area contributed by atoms with Gasteiger partial charge in [-0.05, 0) is 66.5 Å². The fourth-order valence-electron chi connectivity index (χ4n) is 3.25. The fourth-order valence-corrected chi connectivity index (χ4v) is 3.25. The second-order valence-electron chi connectivity index (χ2n) is 9.80. The van der Waals surface area contributed by atoms with E-state index in [0.717, 1.165) is 12.8 Å². The second kappa shape index (κ2) is 9.49. The number of hydrogen-bond donors (Lipinski definition) is 1. The van der Waals surface area contributed by atoms with Gasteiger partial charge in [0.05, 0.1) is 0 Å². The van der Waals surface area contributed by atoms with Crippen LogP contribution in [0.25, 0.3) is 0 Å². The maximum absolute atomic E-state index is 10.3. The third-order valence-electron chi connectivity index (χ3n) is 4.72. The van der Waals surface area contributed by atoms with Crippen molar-refractivity contribution in [3.05, 3.63) is 29.3 Å². The summed E-state index contributed by atoms with van der Waals surface area (Å²) in [6, 6.07) is 6.06. The first-order valence-corrected chi connectivity index (χ1v) is 9.88. The Balaban J connectivity index is 2.45. The molecule has 0 heterocycles. The van der Waals surface area contributed by atoms with Crippen LogP contribution in [-0.2, 0) is 12.8 Å². The molecule has 0 saturated carbocycles. The molecule has 1 nitrogen and oxygen atoms in total. The van der Waals surface area contributed by atoms with Crippen LogP contribution in [-0.4, -0.2) is 5.11 Å². The molecule has 0 saturated heterocycles. The summed E-state index contributed by atoms with van der Waals surface area (Å²) in [6.07, 6.45) is 10.9. The standard InChI is InChI=1S/C23H40O/c1-22(2,3)17-10-7-8-13-19-14-12-16-21(24)20(19)15-9-11-18-23(4,5)6/h12,14,16,24H,7-11,13,15,17-18H2,1-6H3. The van der Waals surface area contributed by atoms with Gasteiger partial charge >= 0.3 is 0 Å². The largest absolute Gasteiger partial charge is 0.508 e. The summed E-state index contributed by atoms with van der Waals surface area (Å²) < 4.78 is 0. The van der Waals surface area contributed by atoms with Crippen molar-refractivity contribution in [1.29, 1.82) is 0 Å². The van der Waals surface area contributed by atoms with Crippen molar-refractivity contribution in [2.24, 2.45) is 10.8 Å². The molecule has 0 fully saturated rings. The Morgan fingerprint density at radius 2 is 1.25 bits per heavy atom. The van der Waals surface area contributed by atoms with Crippen LogP contribution in [0.4, 0.5) is 0 Å². The number of aromatic hydroxyl groups is 1. The zero-order chi connectivity index (χ0) is 18.2. The Hall–Kier alpha value is -0.980. The monoisotopic (exact) mass is 332 g/mol. The molecule has 0 radical (unpaired) electrons. The van der Waals surface area contributed by atoms with Crippen LogP contribution in [0.5, 0.6) is 5.75 Å². The Labute approximate surface area is 150 Å². The summed E-state index contributed by atoms with van der Waals surface area (Å²) in [5, 5.41) is 10.3. The molecule has 0 aliphatic heterocycles. The maximum Gasteiger partial charge on any atom is 0.119 e. The molecule has 0 aliphatic carbocycles. The van der Waals surface area contributed by atoms with Gasteiger partial charge in [-0.1, -0.05) is 72.9 Å². The highest BCUT2D eigenvalue weighted by molar-refractivity contribution is 5.39. The van der Waals surface area contributed by atoms with Crippen LogP contribution < -0.4 is 0 Å². The molecular formula is C23H40O. The van der Waals surface area contributed by atoms with E-state index in [1.807, 2.05) is 12.1 Å². The van der Waals surface area contributed by atoms with E-state index in [-0.39, 0.29) is 0 Å². The normalized spacial score (nSPS) is 12.6. The number of aryl methyl sites for hydroxylation is 1. The zero-order valence-electron chi connectivity index (χ0n) is 17.0. The van der Waals surface area contributed by atoms with Crippen LogP contribution in [0.1, 0.15) is 97.6 Å². The summed E-state index contributed by atoms with van der Waals surface area (Å²) in [4.78, 5) is 0. The Morgan fingerprint density at radius 3 is 1.83 bits per heavy atom. The summed E-state index contributed by atoms with van der Waals surface area (Å²) in [5.74, 6) is 0.498. The third kappa shape index (κ3) is 9.35. The van der Waals surface area contributed by atoms with E-state index in [1.165, 1.54) is 56.1 Å². The van der Waals surface area contributed by atoms with E-state index in [4.69, 9.17) is 0 Å². The average Bonchev–Trinajstić information content (AvgIpc) is 2.43. The van der Waals surface area contributed by atoms with Crippen molar-refractivity contribution in [3.8, 4) is 5.75 Å². The van der Waals surface area contributed by atoms with Gasteiger partial charge in [-0.25, -0.2) is 0 Å². The third-order valence-corrected chi connectivity index (χ3v) is 4.72. The molecule has 0 spiro atoms. The van der Waals surface area contributed by atoms with Gasteiger partial charge in [-0.2, -0.15) is 0 Å². The minimum Gasteiger partial charge on any atom is -0.508 e. The van der Waals surface area contributed by atoms with Crippen molar-refractivity contribution < 1.29 is 5.11 Å². The molecule has 0 bridgehead atoms. The number of phenolic OH excluding ortho intramolecular Hbond substituents is 1. The summed E-state index contributed by atoms with van der Waals surface area (Å²) >= 11 is 0. The molecule has 0 unspecified atom stereocenters. The quantitative estimate of drug-likeness (QED) is 0.470. The van der Waals surface area contributed by atoms with E-state index in [2.05, 4.69) is 47.6 Å². The molecule has 0 aliphatic rings. The van der Waals surface area contributed by atoms with Gasteiger partial charge in [0.25, 0.3) is 0 Å². The predicted octanol–water partition coefficient (Wildman–Crippen LogP) is 7.30. The van der Waals surface area contributed by atoms with Crippen LogP contribution in [0.15, 0.2) is 18.2 Å². The highest BCUT2D eigenvalue weighted by Crippen LogP contribution is 2.28. The number of unbranched alkanes of at least 4 members (excludes halogenated alkanes) is 3. The van der Waals surface area contributed by atoms with Gasteiger partial charge in [0.1, 0.15) is 5.75 Å². The second-order valence-corrected chi connectivity index (χ2v) is 9.80. The van der Waals surface area contributed by atoms with E-state index in [1.54, 1.807) is 0 Å². The minimum atomic E-state index is 0.411. The van der Waals surface area contributed by atoms with E-state index in [9.17, 15) is 5.11 Å². The van der Waals surface area contributed by atoms with Crippen LogP contribution in [0, 0.1) is 10.8 Å². The number of benzene rings is 1. The first-order chi connectivity index (χ1) is 11.1. The first-order valence-electron chi connectivity index (χ1n) is 9.88. The molecule has 0 atom stereocenters. The van der Waals surface area contributed by atoms with Crippen molar-refractivity contribution in [3.63, 3.8) is 0 Å². The molecule has 1 N–H and O–H groups in total. The zero-order valence-corrected chi connectivity index (χ0v) is 17.0. The SMILES string of the molecule is CC(C)(C)CCCCCc1cccc(O)c1CCCCC(C)(C)C. The van der Waals surface area contributed by atoms with Crippen LogP contribution >= 0.6 is 0 Å². The molecule has 0 amide bonds. The molecule has 138 valence electrons. The molecule has 0 aromatic heterocycles. The minimum absolute atomic E-state index is 0.411. The Morgan fingerprint density at radius 1 is 0.708 bits per heavy atom. The van der Waals surface area contributed by atoms with Crippen LogP contribution in [0.3, 0.4) is 0 Å². The van der Waals surface area contributed by atoms with Gasteiger partial charge in [-0.3, -0.25) is 0 Å².